The van der Waals surface area contributed by atoms with Crippen LogP contribution in [0.4, 0.5) is 4.79 Å². The molecule has 1 fully saturated rings. The fourth-order valence-corrected chi connectivity index (χ4v) is 2.26. The van der Waals surface area contributed by atoms with Crippen molar-refractivity contribution in [1.82, 2.24) is 5.43 Å². The molecule has 1 aliphatic rings. The van der Waals surface area contributed by atoms with E-state index >= 15 is 0 Å². The van der Waals surface area contributed by atoms with Gasteiger partial charge in [0.25, 0.3) is 5.91 Å². The predicted octanol–water partition coefficient (Wildman–Crippen LogP) is -0.794. The van der Waals surface area contributed by atoms with E-state index in [1.165, 1.54) is 25.3 Å². The van der Waals surface area contributed by atoms with Gasteiger partial charge in [-0.1, -0.05) is 0 Å². The second kappa shape index (κ2) is 9.60. The number of hydrogen-bond acceptors (Lipinski definition) is 7. The summed E-state index contributed by atoms with van der Waals surface area (Å²) in [5, 5.41) is 3.93. The van der Waals surface area contributed by atoms with Crippen molar-refractivity contribution in [2.24, 2.45) is 5.10 Å². The molecule has 1 aromatic carbocycles. The molecule has 9 heteroatoms. The zero-order valence-corrected chi connectivity index (χ0v) is 14.2. The summed E-state index contributed by atoms with van der Waals surface area (Å²) in [5.74, 6) is 0.413. The number of morpholine rings is 1. The zero-order chi connectivity index (χ0) is 18.1. The molecule has 0 saturated carbocycles. The highest BCUT2D eigenvalue weighted by Crippen LogP contribution is 2.27. The monoisotopic (exact) mass is 352 g/mol. The van der Waals surface area contributed by atoms with Crippen LogP contribution < -0.4 is 19.8 Å². The van der Waals surface area contributed by atoms with Crippen molar-refractivity contribution in [3.05, 3.63) is 23.8 Å². The number of rotatable bonds is 6. The highest BCUT2D eigenvalue weighted by Gasteiger charge is 2.17. The van der Waals surface area contributed by atoms with Crippen LogP contribution in [0.2, 0.25) is 0 Å². The van der Waals surface area contributed by atoms with E-state index in [9.17, 15) is 9.59 Å². The van der Waals surface area contributed by atoms with Gasteiger partial charge in [-0.3, -0.25) is 4.79 Å². The van der Waals surface area contributed by atoms with Crippen LogP contribution in [0, 0.1) is 0 Å². The van der Waals surface area contributed by atoms with Crippen molar-refractivity contribution in [2.45, 2.75) is 0 Å². The largest absolute Gasteiger partial charge is 0.513 e. The molecule has 25 heavy (non-hydrogen) atoms. The SMILES string of the molecule is COC(=O)Oc1ccc(C=NNC(=O)C[NH+]2CCOCC2)cc1OC. The average molecular weight is 352 g/mol. The van der Waals surface area contributed by atoms with Crippen LogP contribution in [0.15, 0.2) is 23.3 Å². The lowest BCUT2D eigenvalue weighted by atomic mass is 10.2. The van der Waals surface area contributed by atoms with E-state index in [1.54, 1.807) is 18.2 Å². The third kappa shape index (κ3) is 6.05. The first kappa shape index (κ1) is 18.7. The lowest BCUT2D eigenvalue weighted by Crippen LogP contribution is -3.15. The molecule has 1 saturated heterocycles. The summed E-state index contributed by atoms with van der Waals surface area (Å²) >= 11 is 0. The Labute approximate surface area is 145 Å². The number of carbonyl (C=O) groups is 2. The number of amides is 1. The van der Waals surface area contributed by atoms with Gasteiger partial charge in [-0.25, -0.2) is 10.2 Å². The Hall–Kier alpha value is -2.65. The number of hydrogen-bond donors (Lipinski definition) is 2. The van der Waals surface area contributed by atoms with Gasteiger partial charge in [0.2, 0.25) is 0 Å². The topological polar surface area (TPSA) is 99.9 Å². The minimum atomic E-state index is -0.836. The van der Waals surface area contributed by atoms with Crippen molar-refractivity contribution in [3.63, 3.8) is 0 Å². The molecule has 2 N–H and O–H groups in total. The molecule has 0 atom stereocenters. The van der Waals surface area contributed by atoms with Crippen LogP contribution in [0.3, 0.4) is 0 Å². The van der Waals surface area contributed by atoms with Crippen molar-refractivity contribution < 1.29 is 33.4 Å². The number of hydrazone groups is 1. The lowest BCUT2D eigenvalue weighted by Gasteiger charge is -2.22. The molecule has 0 aromatic heterocycles. The Morgan fingerprint density at radius 3 is 2.72 bits per heavy atom. The maximum atomic E-state index is 11.9. The Balaban J connectivity index is 1.89. The molecular weight excluding hydrogens is 330 g/mol. The smallest absolute Gasteiger partial charge is 0.493 e. The van der Waals surface area contributed by atoms with E-state index < -0.39 is 6.16 Å². The first-order valence-corrected chi connectivity index (χ1v) is 7.79. The van der Waals surface area contributed by atoms with Crippen molar-refractivity contribution in [1.29, 1.82) is 0 Å². The van der Waals surface area contributed by atoms with E-state index in [4.69, 9.17) is 14.2 Å². The number of benzene rings is 1. The summed E-state index contributed by atoms with van der Waals surface area (Å²) < 4.78 is 19.8. The van der Waals surface area contributed by atoms with Gasteiger partial charge in [0.05, 0.1) is 33.6 Å². The van der Waals surface area contributed by atoms with Crippen molar-refractivity contribution in [2.75, 3.05) is 47.1 Å². The van der Waals surface area contributed by atoms with Gasteiger partial charge in [-0.2, -0.15) is 5.10 Å². The molecule has 1 amide bonds. The first-order valence-electron chi connectivity index (χ1n) is 7.79. The fraction of sp³-hybridized carbons (Fsp3) is 0.438. The van der Waals surface area contributed by atoms with Gasteiger partial charge in [-0.05, 0) is 23.8 Å². The number of quaternary nitrogens is 1. The minimum absolute atomic E-state index is 0.161. The predicted molar refractivity (Wildman–Crippen MR) is 88.1 cm³/mol. The average Bonchev–Trinajstić information content (AvgIpc) is 2.63. The molecule has 0 spiro atoms. The van der Waals surface area contributed by atoms with E-state index in [1.807, 2.05) is 0 Å². The molecule has 136 valence electrons. The minimum Gasteiger partial charge on any atom is -0.493 e. The molecular formula is C16H22N3O6+. The molecule has 0 aliphatic carbocycles. The maximum absolute atomic E-state index is 11.9. The summed E-state index contributed by atoms with van der Waals surface area (Å²) in [6, 6.07) is 4.85. The molecule has 0 unspecified atom stereocenters. The number of ether oxygens (including phenoxy) is 4. The fourth-order valence-electron chi connectivity index (χ4n) is 2.26. The molecule has 1 aromatic rings. The van der Waals surface area contributed by atoms with Gasteiger partial charge < -0.3 is 23.8 Å². The molecule has 1 heterocycles. The number of nitrogens with zero attached hydrogens (tertiary/aromatic N) is 1. The highest BCUT2D eigenvalue weighted by atomic mass is 16.7. The standard InChI is InChI=1S/C16H21N3O6/c1-22-14-9-12(3-4-13(14)25-16(21)23-2)10-17-18-15(20)11-19-5-7-24-8-6-19/h3-4,9-10H,5-8,11H2,1-2H3,(H,18,20)/p+1. The number of carbonyl (C=O) groups excluding carboxylic acids is 2. The van der Waals surface area contributed by atoms with Crippen LogP contribution in [0.5, 0.6) is 11.5 Å². The van der Waals surface area contributed by atoms with Gasteiger partial charge in [-0.15, -0.1) is 0 Å². The van der Waals surface area contributed by atoms with Crippen molar-refractivity contribution >= 4 is 18.3 Å². The maximum Gasteiger partial charge on any atom is 0.513 e. The van der Waals surface area contributed by atoms with Gasteiger partial charge in [0.1, 0.15) is 13.1 Å². The van der Waals surface area contributed by atoms with Crippen LogP contribution >= 0.6 is 0 Å². The highest BCUT2D eigenvalue weighted by molar-refractivity contribution is 5.83. The second-order valence-electron chi connectivity index (χ2n) is 5.30. The zero-order valence-electron chi connectivity index (χ0n) is 14.2. The molecule has 1 aliphatic heterocycles. The van der Waals surface area contributed by atoms with E-state index in [-0.39, 0.29) is 11.7 Å². The molecule has 9 nitrogen and oxygen atoms in total. The third-order valence-electron chi connectivity index (χ3n) is 3.56. The molecule has 2 rings (SSSR count). The Morgan fingerprint density at radius 1 is 1.28 bits per heavy atom. The quantitative estimate of drug-likeness (QED) is 0.301. The summed E-state index contributed by atoms with van der Waals surface area (Å²) in [4.78, 5) is 24.2. The van der Waals surface area contributed by atoms with E-state index in [0.29, 0.717) is 31.1 Å². The Bertz CT molecular complexity index is 628. The third-order valence-corrected chi connectivity index (χ3v) is 3.56. The lowest BCUT2D eigenvalue weighted by molar-refractivity contribution is -0.900. The van der Waals surface area contributed by atoms with Crippen LogP contribution in [-0.4, -0.2) is 65.3 Å². The van der Waals surface area contributed by atoms with E-state index in [2.05, 4.69) is 15.3 Å². The second-order valence-corrected chi connectivity index (χ2v) is 5.30. The number of methoxy groups -OCH3 is 2. The summed E-state index contributed by atoms with van der Waals surface area (Å²) in [5.41, 5.74) is 3.17. The van der Waals surface area contributed by atoms with Crippen LogP contribution in [0.25, 0.3) is 0 Å². The van der Waals surface area contributed by atoms with E-state index in [0.717, 1.165) is 13.1 Å². The first-order chi connectivity index (χ1) is 12.1. The van der Waals surface area contributed by atoms with Gasteiger partial charge in [0.15, 0.2) is 18.0 Å². The number of nitrogens with one attached hydrogen (secondary N) is 2. The van der Waals surface area contributed by atoms with Crippen molar-refractivity contribution in [3.8, 4) is 11.5 Å². The Kier molecular flexibility index (Phi) is 7.17. The summed E-state index contributed by atoms with van der Waals surface area (Å²) in [6.45, 7) is 3.33. The van der Waals surface area contributed by atoms with Gasteiger partial charge in [0, 0.05) is 0 Å². The molecule has 0 radical (unpaired) electrons. The van der Waals surface area contributed by atoms with Gasteiger partial charge >= 0.3 is 6.16 Å². The summed E-state index contributed by atoms with van der Waals surface area (Å²) in [6.07, 6.45) is 0.648. The van der Waals surface area contributed by atoms with Crippen LogP contribution in [-0.2, 0) is 14.3 Å². The summed E-state index contributed by atoms with van der Waals surface area (Å²) in [7, 11) is 2.67. The molecule has 0 bridgehead atoms. The Morgan fingerprint density at radius 2 is 2.04 bits per heavy atom. The normalized spacial score (nSPS) is 15.0. The van der Waals surface area contributed by atoms with Crippen LogP contribution in [0.1, 0.15) is 5.56 Å².